The standard InChI is InChI=1S/C29H31N/c1-23-8-12-25(13-9-23)16-17-29(22-26-14-10-24(2)11-15-26)30-20-18-28(19-21-30)27-6-4-3-5-7-27/h3-15,28-29H,18-22H2,1-2H3. The molecule has 1 aliphatic rings. The average molecular weight is 394 g/mol. The van der Waals surface area contributed by atoms with Crippen LogP contribution in [-0.2, 0) is 6.42 Å². The second kappa shape index (κ2) is 9.79. The Morgan fingerprint density at radius 3 is 2.03 bits per heavy atom. The second-order valence-corrected chi connectivity index (χ2v) is 8.56. The SMILES string of the molecule is Cc1ccc(C#CC(Cc2ccc(C)cc2)N2CCC(c3ccccc3)CC2)cc1. The van der Waals surface area contributed by atoms with Crippen LogP contribution in [-0.4, -0.2) is 24.0 Å². The third-order valence-electron chi connectivity index (χ3n) is 6.23. The lowest BCUT2D eigenvalue weighted by Gasteiger charge is -2.35. The van der Waals surface area contributed by atoms with Crippen LogP contribution in [0.1, 0.15) is 46.6 Å². The fourth-order valence-corrected chi connectivity index (χ4v) is 4.29. The Bertz CT molecular complexity index is 982. The predicted octanol–water partition coefficient (Wildman–Crippen LogP) is 6.15. The highest BCUT2D eigenvalue weighted by Gasteiger charge is 2.25. The summed E-state index contributed by atoms with van der Waals surface area (Å²) in [6.07, 6.45) is 3.40. The lowest BCUT2D eigenvalue weighted by Crippen LogP contribution is -2.41. The summed E-state index contributed by atoms with van der Waals surface area (Å²) in [6, 6.07) is 28.7. The highest BCUT2D eigenvalue weighted by Crippen LogP contribution is 2.29. The molecule has 3 aromatic carbocycles. The Labute approximate surface area is 181 Å². The minimum atomic E-state index is 0.255. The highest BCUT2D eigenvalue weighted by molar-refractivity contribution is 5.37. The number of benzene rings is 3. The number of piperidine rings is 1. The molecule has 0 saturated carbocycles. The quantitative estimate of drug-likeness (QED) is 0.481. The fourth-order valence-electron chi connectivity index (χ4n) is 4.29. The van der Waals surface area contributed by atoms with Crippen LogP contribution >= 0.6 is 0 Å². The molecular weight excluding hydrogens is 362 g/mol. The van der Waals surface area contributed by atoms with Crippen molar-refractivity contribution in [3.63, 3.8) is 0 Å². The zero-order valence-electron chi connectivity index (χ0n) is 18.1. The zero-order chi connectivity index (χ0) is 20.8. The summed E-state index contributed by atoms with van der Waals surface area (Å²) in [4.78, 5) is 2.60. The van der Waals surface area contributed by atoms with E-state index in [1.165, 1.54) is 35.1 Å². The molecule has 0 aromatic heterocycles. The summed E-state index contributed by atoms with van der Waals surface area (Å²) in [5.41, 5.74) is 6.55. The van der Waals surface area contributed by atoms with E-state index in [0.717, 1.165) is 25.1 Å². The molecule has 4 rings (SSSR count). The number of hydrogen-bond acceptors (Lipinski definition) is 1. The maximum absolute atomic E-state index is 3.62. The van der Waals surface area contributed by atoms with Crippen molar-refractivity contribution in [3.8, 4) is 11.8 Å². The van der Waals surface area contributed by atoms with Crippen molar-refractivity contribution < 1.29 is 0 Å². The van der Waals surface area contributed by atoms with Crippen molar-refractivity contribution in [3.05, 3.63) is 107 Å². The molecule has 1 unspecified atom stereocenters. The highest BCUT2D eigenvalue weighted by atomic mass is 15.2. The van der Waals surface area contributed by atoms with Crippen LogP contribution < -0.4 is 0 Å². The van der Waals surface area contributed by atoms with Gasteiger partial charge in [0, 0.05) is 5.56 Å². The average Bonchev–Trinajstić information content (AvgIpc) is 2.80. The molecule has 1 fully saturated rings. The Balaban J connectivity index is 1.50. The van der Waals surface area contributed by atoms with E-state index in [4.69, 9.17) is 0 Å². The normalized spacial score (nSPS) is 15.9. The molecule has 1 nitrogen and oxygen atoms in total. The molecule has 0 radical (unpaired) electrons. The summed E-state index contributed by atoms with van der Waals surface area (Å²) in [6.45, 7) is 6.48. The van der Waals surface area contributed by atoms with Gasteiger partial charge in [0.15, 0.2) is 0 Å². The lowest BCUT2D eigenvalue weighted by atomic mass is 9.88. The van der Waals surface area contributed by atoms with Crippen molar-refractivity contribution >= 4 is 0 Å². The van der Waals surface area contributed by atoms with Crippen LogP contribution in [0.5, 0.6) is 0 Å². The molecule has 0 spiro atoms. The fraction of sp³-hybridized carbons (Fsp3) is 0.310. The van der Waals surface area contributed by atoms with Gasteiger partial charge in [0.25, 0.3) is 0 Å². The number of hydrogen-bond donors (Lipinski definition) is 0. The Hall–Kier alpha value is -2.82. The number of aryl methyl sites for hydroxylation is 2. The Morgan fingerprint density at radius 1 is 0.800 bits per heavy atom. The maximum atomic E-state index is 3.62. The summed E-state index contributed by atoms with van der Waals surface area (Å²) >= 11 is 0. The largest absolute Gasteiger partial charge is 0.289 e. The zero-order valence-corrected chi connectivity index (χ0v) is 18.1. The second-order valence-electron chi connectivity index (χ2n) is 8.56. The van der Waals surface area contributed by atoms with Crippen molar-refractivity contribution in [1.82, 2.24) is 4.90 Å². The van der Waals surface area contributed by atoms with Gasteiger partial charge in [0.05, 0.1) is 6.04 Å². The van der Waals surface area contributed by atoms with E-state index in [-0.39, 0.29) is 6.04 Å². The van der Waals surface area contributed by atoms with Crippen molar-refractivity contribution in [1.29, 1.82) is 0 Å². The molecule has 1 heteroatoms. The third kappa shape index (κ3) is 5.41. The third-order valence-corrected chi connectivity index (χ3v) is 6.23. The number of likely N-dealkylation sites (tertiary alicyclic amines) is 1. The molecule has 1 saturated heterocycles. The first-order chi connectivity index (χ1) is 14.7. The van der Waals surface area contributed by atoms with Gasteiger partial charge in [0.2, 0.25) is 0 Å². The molecule has 0 aliphatic carbocycles. The van der Waals surface area contributed by atoms with Crippen LogP contribution in [0.2, 0.25) is 0 Å². The molecule has 1 aliphatic heterocycles. The van der Waals surface area contributed by atoms with Gasteiger partial charge in [-0.1, -0.05) is 89.7 Å². The first-order valence-corrected chi connectivity index (χ1v) is 11.1. The summed E-state index contributed by atoms with van der Waals surface area (Å²) in [5, 5.41) is 0. The van der Waals surface area contributed by atoms with Crippen LogP contribution in [0.25, 0.3) is 0 Å². The van der Waals surface area contributed by atoms with Crippen LogP contribution in [0.4, 0.5) is 0 Å². The summed E-state index contributed by atoms with van der Waals surface area (Å²) in [5.74, 6) is 7.74. The van der Waals surface area contributed by atoms with E-state index >= 15 is 0 Å². The molecule has 3 aromatic rings. The van der Waals surface area contributed by atoms with Gasteiger partial charge < -0.3 is 0 Å². The molecule has 152 valence electrons. The molecule has 0 amide bonds. The first-order valence-electron chi connectivity index (χ1n) is 11.1. The predicted molar refractivity (Wildman–Crippen MR) is 127 cm³/mol. The first kappa shape index (κ1) is 20.5. The lowest BCUT2D eigenvalue weighted by molar-refractivity contribution is 0.181. The van der Waals surface area contributed by atoms with E-state index < -0.39 is 0 Å². The minimum absolute atomic E-state index is 0.255. The monoisotopic (exact) mass is 393 g/mol. The number of rotatable bonds is 4. The van der Waals surface area contributed by atoms with Crippen molar-refractivity contribution in [2.24, 2.45) is 0 Å². The van der Waals surface area contributed by atoms with E-state index in [2.05, 4.69) is 109 Å². The van der Waals surface area contributed by atoms with Crippen LogP contribution in [0, 0.1) is 25.7 Å². The van der Waals surface area contributed by atoms with Crippen molar-refractivity contribution in [2.75, 3.05) is 13.1 Å². The molecule has 1 atom stereocenters. The number of nitrogens with zero attached hydrogens (tertiary/aromatic N) is 1. The smallest absolute Gasteiger partial charge is 0.0759 e. The molecular formula is C29H31N. The van der Waals surface area contributed by atoms with Gasteiger partial charge in [-0.05, 0) is 75.4 Å². The molecule has 1 heterocycles. The van der Waals surface area contributed by atoms with E-state index in [9.17, 15) is 0 Å². The topological polar surface area (TPSA) is 3.24 Å². The molecule has 30 heavy (non-hydrogen) atoms. The maximum Gasteiger partial charge on any atom is 0.0759 e. The Kier molecular flexibility index (Phi) is 6.67. The van der Waals surface area contributed by atoms with Crippen LogP contribution in [0.15, 0.2) is 78.9 Å². The van der Waals surface area contributed by atoms with Gasteiger partial charge in [0.1, 0.15) is 0 Å². The Morgan fingerprint density at radius 2 is 1.40 bits per heavy atom. The minimum Gasteiger partial charge on any atom is -0.289 e. The van der Waals surface area contributed by atoms with Gasteiger partial charge in [-0.3, -0.25) is 4.90 Å². The molecule has 0 bridgehead atoms. The van der Waals surface area contributed by atoms with E-state index in [0.29, 0.717) is 5.92 Å². The van der Waals surface area contributed by atoms with Gasteiger partial charge >= 0.3 is 0 Å². The van der Waals surface area contributed by atoms with Gasteiger partial charge in [-0.15, -0.1) is 0 Å². The van der Waals surface area contributed by atoms with E-state index in [1.807, 2.05) is 0 Å². The van der Waals surface area contributed by atoms with Gasteiger partial charge in [-0.2, -0.15) is 0 Å². The molecule has 0 N–H and O–H groups in total. The van der Waals surface area contributed by atoms with Crippen LogP contribution in [0.3, 0.4) is 0 Å². The summed E-state index contributed by atoms with van der Waals surface area (Å²) in [7, 11) is 0. The van der Waals surface area contributed by atoms with Crippen molar-refractivity contribution in [2.45, 2.75) is 45.1 Å². The van der Waals surface area contributed by atoms with Gasteiger partial charge in [-0.25, -0.2) is 0 Å². The van der Waals surface area contributed by atoms with E-state index in [1.54, 1.807) is 0 Å². The summed E-state index contributed by atoms with van der Waals surface area (Å²) < 4.78 is 0.